The van der Waals surface area contributed by atoms with E-state index in [-0.39, 0.29) is 6.04 Å². The van der Waals surface area contributed by atoms with Crippen molar-refractivity contribution in [3.05, 3.63) is 0 Å². The highest BCUT2D eigenvalue weighted by molar-refractivity contribution is 7.59. The second-order valence-electron chi connectivity index (χ2n) is 3.63. The molecule has 1 aliphatic heterocycles. The van der Waals surface area contributed by atoms with Crippen LogP contribution in [0.5, 0.6) is 0 Å². The van der Waals surface area contributed by atoms with Crippen LogP contribution in [0.15, 0.2) is 0 Å². The van der Waals surface area contributed by atoms with E-state index in [1.807, 2.05) is 30.5 Å². The predicted octanol–water partition coefficient (Wildman–Crippen LogP) is 1.47. The Morgan fingerprint density at radius 1 is 1.62 bits per heavy atom. The summed E-state index contributed by atoms with van der Waals surface area (Å²) >= 11 is 0. The highest BCUT2D eigenvalue weighted by atomic mass is 31.2. The van der Waals surface area contributed by atoms with E-state index in [1.54, 1.807) is 0 Å². The molecule has 0 saturated carbocycles. The lowest BCUT2D eigenvalue weighted by Crippen LogP contribution is -2.37. The summed E-state index contributed by atoms with van der Waals surface area (Å²) in [5.74, 6) is 2.69. The van der Waals surface area contributed by atoms with Gasteiger partial charge in [0.2, 0.25) is 7.44 Å². The summed E-state index contributed by atoms with van der Waals surface area (Å²) in [6.07, 6.45) is 8.07. The molecule has 1 fully saturated rings. The molecule has 0 aliphatic carbocycles. The van der Waals surface area contributed by atoms with Crippen molar-refractivity contribution < 1.29 is 4.57 Å². The maximum absolute atomic E-state index is 12.4. The Labute approximate surface area is 80.6 Å². The lowest BCUT2D eigenvalue weighted by molar-refractivity contribution is 0.345. The van der Waals surface area contributed by atoms with Crippen molar-refractivity contribution in [1.29, 1.82) is 0 Å². The summed E-state index contributed by atoms with van der Waals surface area (Å²) in [6.45, 7) is 0. The molecule has 0 radical (unpaired) electrons. The van der Waals surface area contributed by atoms with Gasteiger partial charge in [-0.2, -0.15) is 0 Å². The molecular formula is C9H17N2OP. The van der Waals surface area contributed by atoms with Crippen molar-refractivity contribution >= 4 is 7.44 Å². The lowest BCUT2D eigenvalue weighted by Gasteiger charge is -2.40. The largest absolute Gasteiger partial charge is 0.289 e. The molecule has 3 nitrogen and oxygen atoms in total. The molecule has 0 bridgehead atoms. The van der Waals surface area contributed by atoms with Gasteiger partial charge in [0, 0.05) is 6.16 Å². The van der Waals surface area contributed by atoms with Crippen molar-refractivity contribution in [2.24, 2.45) is 0 Å². The van der Waals surface area contributed by atoms with Gasteiger partial charge in [-0.15, -0.1) is 6.42 Å². The van der Waals surface area contributed by atoms with Gasteiger partial charge in [0.1, 0.15) is 0 Å². The summed E-state index contributed by atoms with van der Waals surface area (Å²) in [5, 5.41) is 0. The Kier molecular flexibility index (Phi) is 3.18. The van der Waals surface area contributed by atoms with Crippen molar-refractivity contribution in [3.63, 3.8) is 0 Å². The van der Waals surface area contributed by atoms with E-state index in [4.69, 9.17) is 6.42 Å². The van der Waals surface area contributed by atoms with E-state index in [9.17, 15) is 4.57 Å². The molecule has 1 aliphatic rings. The monoisotopic (exact) mass is 200 g/mol. The minimum absolute atomic E-state index is 0.0435. The minimum atomic E-state index is -2.32. The molecule has 1 saturated heterocycles. The van der Waals surface area contributed by atoms with Crippen LogP contribution in [0.2, 0.25) is 0 Å². The average Bonchev–Trinajstić information content (AvgIpc) is 2.09. The second-order valence-corrected chi connectivity index (χ2v) is 6.84. The number of hydrogen-bond donors (Lipinski definition) is 0. The van der Waals surface area contributed by atoms with Gasteiger partial charge in [-0.05, 0) is 34.0 Å². The smallest absolute Gasteiger partial charge is 0.216 e. The fourth-order valence-electron chi connectivity index (χ4n) is 1.73. The molecule has 0 spiro atoms. The molecule has 1 heterocycles. The maximum Gasteiger partial charge on any atom is 0.216 e. The quantitative estimate of drug-likeness (QED) is 0.473. The molecule has 0 N–H and O–H groups in total. The van der Waals surface area contributed by atoms with Gasteiger partial charge in [-0.3, -0.25) is 4.57 Å². The molecule has 0 aromatic carbocycles. The third-order valence-corrected chi connectivity index (χ3v) is 6.10. The van der Waals surface area contributed by atoms with Crippen LogP contribution < -0.4 is 0 Å². The molecule has 2 unspecified atom stereocenters. The minimum Gasteiger partial charge on any atom is -0.289 e. The van der Waals surface area contributed by atoms with Gasteiger partial charge in [0.15, 0.2) is 0 Å². The number of nitrogens with zero attached hydrogens (tertiary/aromatic N) is 2. The van der Waals surface area contributed by atoms with Gasteiger partial charge < -0.3 is 0 Å². The second kappa shape index (κ2) is 3.84. The first-order valence-electron chi connectivity index (χ1n) is 4.48. The maximum atomic E-state index is 12.4. The number of terminal acetylenes is 1. The highest BCUT2D eigenvalue weighted by Gasteiger charge is 2.37. The standard InChI is InChI=1S/C9H17N2OP/c1-5-9-7-6-8-13(12,10(2)3)11(9)4/h1,9H,6-8H2,2-4H3. The summed E-state index contributed by atoms with van der Waals surface area (Å²) in [5.41, 5.74) is 0. The van der Waals surface area contributed by atoms with Gasteiger partial charge in [0.25, 0.3) is 0 Å². The van der Waals surface area contributed by atoms with Crippen molar-refractivity contribution in [2.75, 3.05) is 27.3 Å². The molecule has 2 atom stereocenters. The van der Waals surface area contributed by atoms with Crippen molar-refractivity contribution in [3.8, 4) is 12.3 Å². The Balaban J connectivity index is 2.89. The van der Waals surface area contributed by atoms with Gasteiger partial charge in [-0.25, -0.2) is 9.34 Å². The van der Waals surface area contributed by atoms with Crippen LogP contribution in [0.3, 0.4) is 0 Å². The van der Waals surface area contributed by atoms with Crippen LogP contribution in [-0.2, 0) is 4.57 Å². The first-order valence-corrected chi connectivity index (χ1v) is 6.28. The number of hydrogen-bond acceptors (Lipinski definition) is 1. The Morgan fingerprint density at radius 3 is 2.69 bits per heavy atom. The van der Waals surface area contributed by atoms with Crippen LogP contribution in [0, 0.1) is 12.3 Å². The van der Waals surface area contributed by atoms with Crippen LogP contribution in [0.25, 0.3) is 0 Å². The zero-order valence-corrected chi connectivity index (χ0v) is 9.42. The van der Waals surface area contributed by atoms with Gasteiger partial charge in [-0.1, -0.05) is 5.92 Å². The molecule has 4 heteroatoms. The van der Waals surface area contributed by atoms with E-state index < -0.39 is 7.44 Å². The summed E-state index contributed by atoms with van der Waals surface area (Å²) < 4.78 is 16.1. The molecule has 1 rings (SSSR count). The number of rotatable bonds is 1. The zero-order chi connectivity index (χ0) is 10.1. The first-order chi connectivity index (χ1) is 6.02. The summed E-state index contributed by atoms with van der Waals surface area (Å²) in [4.78, 5) is 0. The lowest BCUT2D eigenvalue weighted by atomic mass is 10.2. The Hall–Kier alpha value is -0.290. The third kappa shape index (κ3) is 1.81. The van der Waals surface area contributed by atoms with E-state index in [2.05, 4.69) is 5.92 Å². The Morgan fingerprint density at radius 2 is 2.23 bits per heavy atom. The first kappa shape index (κ1) is 10.8. The van der Waals surface area contributed by atoms with Crippen molar-refractivity contribution in [1.82, 2.24) is 9.34 Å². The zero-order valence-electron chi connectivity index (χ0n) is 8.53. The topological polar surface area (TPSA) is 23.6 Å². The van der Waals surface area contributed by atoms with E-state index in [0.29, 0.717) is 0 Å². The molecule has 0 aromatic heterocycles. The fraction of sp³-hybridized carbons (Fsp3) is 0.778. The van der Waals surface area contributed by atoms with E-state index >= 15 is 0 Å². The normalized spacial score (nSPS) is 36.1. The van der Waals surface area contributed by atoms with Crippen molar-refractivity contribution in [2.45, 2.75) is 18.9 Å². The van der Waals surface area contributed by atoms with E-state index in [0.717, 1.165) is 19.0 Å². The molecule has 0 amide bonds. The fourth-order valence-corrected chi connectivity index (χ4v) is 4.22. The summed E-state index contributed by atoms with van der Waals surface area (Å²) in [6, 6.07) is 0.0435. The molecule has 74 valence electrons. The van der Waals surface area contributed by atoms with Gasteiger partial charge >= 0.3 is 0 Å². The van der Waals surface area contributed by atoms with Crippen LogP contribution >= 0.6 is 7.44 Å². The van der Waals surface area contributed by atoms with Crippen LogP contribution in [0.1, 0.15) is 12.8 Å². The van der Waals surface area contributed by atoms with Gasteiger partial charge in [0.05, 0.1) is 6.04 Å². The predicted molar refractivity (Wildman–Crippen MR) is 55.8 cm³/mol. The average molecular weight is 200 g/mol. The summed E-state index contributed by atoms with van der Waals surface area (Å²) in [7, 11) is 3.26. The molecular weight excluding hydrogens is 183 g/mol. The molecule has 13 heavy (non-hydrogen) atoms. The SMILES string of the molecule is C#CC1CCCP(=O)(N(C)C)N1C. The van der Waals surface area contributed by atoms with Crippen LogP contribution in [-0.4, -0.2) is 42.7 Å². The molecule has 0 aromatic rings. The van der Waals surface area contributed by atoms with Crippen LogP contribution in [0.4, 0.5) is 0 Å². The Bertz CT molecular complexity index is 269. The highest BCUT2D eigenvalue weighted by Crippen LogP contribution is 2.55. The third-order valence-electron chi connectivity index (χ3n) is 2.69. The van der Waals surface area contributed by atoms with E-state index in [1.165, 1.54) is 0 Å².